The zero-order chi connectivity index (χ0) is 12.0. The molecule has 0 unspecified atom stereocenters. The van der Waals surface area contributed by atoms with Gasteiger partial charge in [0.1, 0.15) is 5.82 Å². The standard InChI is InChI=1S/C11H18N4O/c1-9-4-5-12-10(8-9)13-6-7-14-11(16)15(2)3/h4-5,8H,6-7H2,1-3H3,(H,12,13)(H,14,16). The summed E-state index contributed by atoms with van der Waals surface area (Å²) in [6.45, 7) is 3.25. The number of aromatic nitrogens is 1. The summed E-state index contributed by atoms with van der Waals surface area (Å²) in [5.74, 6) is 0.833. The van der Waals surface area contributed by atoms with Crippen LogP contribution >= 0.6 is 0 Å². The number of urea groups is 1. The summed E-state index contributed by atoms with van der Waals surface area (Å²) in [5.41, 5.74) is 1.16. The molecule has 5 heteroatoms. The molecule has 5 nitrogen and oxygen atoms in total. The topological polar surface area (TPSA) is 57.3 Å². The van der Waals surface area contributed by atoms with Gasteiger partial charge < -0.3 is 15.5 Å². The molecule has 0 aromatic carbocycles. The summed E-state index contributed by atoms with van der Waals surface area (Å²) in [5, 5.41) is 5.90. The summed E-state index contributed by atoms with van der Waals surface area (Å²) >= 11 is 0. The molecule has 2 N–H and O–H groups in total. The van der Waals surface area contributed by atoms with Crippen LogP contribution in [0, 0.1) is 6.92 Å². The third-order valence-corrected chi connectivity index (χ3v) is 2.03. The molecule has 16 heavy (non-hydrogen) atoms. The van der Waals surface area contributed by atoms with Crippen LogP contribution in [-0.2, 0) is 0 Å². The maximum Gasteiger partial charge on any atom is 0.316 e. The van der Waals surface area contributed by atoms with E-state index >= 15 is 0 Å². The van der Waals surface area contributed by atoms with Crippen molar-refractivity contribution in [3.05, 3.63) is 23.9 Å². The van der Waals surface area contributed by atoms with Gasteiger partial charge in [-0.05, 0) is 24.6 Å². The number of anilines is 1. The summed E-state index contributed by atoms with van der Waals surface area (Å²) in [6, 6.07) is 3.83. The van der Waals surface area contributed by atoms with Gasteiger partial charge in [0.05, 0.1) is 0 Å². The van der Waals surface area contributed by atoms with Crippen LogP contribution in [-0.4, -0.2) is 43.1 Å². The number of aryl methyl sites for hydroxylation is 1. The van der Waals surface area contributed by atoms with E-state index in [4.69, 9.17) is 0 Å². The number of rotatable bonds is 4. The molecule has 88 valence electrons. The van der Waals surface area contributed by atoms with Crippen LogP contribution in [0.3, 0.4) is 0 Å². The van der Waals surface area contributed by atoms with Gasteiger partial charge >= 0.3 is 6.03 Å². The van der Waals surface area contributed by atoms with Crippen LogP contribution in [0.2, 0.25) is 0 Å². The van der Waals surface area contributed by atoms with Gasteiger partial charge in [-0.1, -0.05) is 0 Å². The van der Waals surface area contributed by atoms with Gasteiger partial charge in [-0.3, -0.25) is 0 Å². The lowest BCUT2D eigenvalue weighted by atomic mass is 10.3. The van der Waals surface area contributed by atoms with Crippen molar-refractivity contribution in [2.24, 2.45) is 0 Å². The van der Waals surface area contributed by atoms with Crippen molar-refractivity contribution in [1.29, 1.82) is 0 Å². The first-order valence-electron chi connectivity index (χ1n) is 5.21. The highest BCUT2D eigenvalue weighted by Gasteiger charge is 2.00. The minimum Gasteiger partial charge on any atom is -0.368 e. The number of nitrogens with one attached hydrogen (secondary N) is 2. The zero-order valence-corrected chi connectivity index (χ0v) is 9.95. The molecule has 0 saturated carbocycles. The third kappa shape index (κ3) is 4.16. The first-order valence-corrected chi connectivity index (χ1v) is 5.21. The number of carbonyl (C=O) groups excluding carboxylic acids is 1. The molecule has 1 aromatic rings. The number of carbonyl (C=O) groups is 1. The van der Waals surface area contributed by atoms with Crippen LogP contribution in [0.5, 0.6) is 0 Å². The summed E-state index contributed by atoms with van der Waals surface area (Å²) in [6.07, 6.45) is 1.76. The van der Waals surface area contributed by atoms with E-state index in [0.717, 1.165) is 11.4 Å². The Morgan fingerprint density at radius 2 is 2.19 bits per heavy atom. The number of amides is 2. The van der Waals surface area contributed by atoms with Crippen molar-refractivity contribution in [3.63, 3.8) is 0 Å². The average molecular weight is 222 g/mol. The lowest BCUT2D eigenvalue weighted by Crippen LogP contribution is -2.37. The quantitative estimate of drug-likeness (QED) is 0.749. The van der Waals surface area contributed by atoms with Crippen molar-refractivity contribution in [2.75, 3.05) is 32.5 Å². The molecule has 1 heterocycles. The third-order valence-electron chi connectivity index (χ3n) is 2.03. The molecule has 0 fully saturated rings. The number of pyridine rings is 1. The van der Waals surface area contributed by atoms with Gasteiger partial charge in [-0.2, -0.15) is 0 Å². The predicted octanol–water partition coefficient (Wildman–Crippen LogP) is 1.07. The lowest BCUT2D eigenvalue weighted by molar-refractivity contribution is 0.218. The molecule has 0 atom stereocenters. The second-order valence-electron chi connectivity index (χ2n) is 3.77. The van der Waals surface area contributed by atoms with E-state index < -0.39 is 0 Å². The monoisotopic (exact) mass is 222 g/mol. The van der Waals surface area contributed by atoms with Crippen LogP contribution in [0.4, 0.5) is 10.6 Å². The number of nitrogens with zero attached hydrogens (tertiary/aromatic N) is 2. The highest BCUT2D eigenvalue weighted by molar-refractivity contribution is 5.73. The molecule has 1 rings (SSSR count). The molecule has 0 aliphatic heterocycles. The average Bonchev–Trinajstić information content (AvgIpc) is 2.24. The normalized spacial score (nSPS) is 9.69. The van der Waals surface area contributed by atoms with Crippen LogP contribution < -0.4 is 10.6 Å². The maximum absolute atomic E-state index is 11.2. The van der Waals surface area contributed by atoms with E-state index in [1.807, 2.05) is 19.1 Å². The van der Waals surface area contributed by atoms with Gasteiger partial charge in [0.2, 0.25) is 0 Å². The summed E-state index contributed by atoms with van der Waals surface area (Å²) in [4.78, 5) is 16.8. The van der Waals surface area contributed by atoms with Crippen molar-refractivity contribution in [1.82, 2.24) is 15.2 Å². The van der Waals surface area contributed by atoms with E-state index in [-0.39, 0.29) is 6.03 Å². The number of hydrogen-bond donors (Lipinski definition) is 2. The second kappa shape index (κ2) is 5.95. The van der Waals surface area contributed by atoms with E-state index in [1.165, 1.54) is 4.90 Å². The molecule has 2 amide bonds. The minimum atomic E-state index is -0.0843. The van der Waals surface area contributed by atoms with Gasteiger partial charge in [0, 0.05) is 33.4 Å². The van der Waals surface area contributed by atoms with Crippen LogP contribution in [0.15, 0.2) is 18.3 Å². The Kier molecular flexibility index (Phi) is 4.57. The fourth-order valence-electron chi connectivity index (χ4n) is 1.15. The van der Waals surface area contributed by atoms with Crippen molar-refractivity contribution in [3.8, 4) is 0 Å². The van der Waals surface area contributed by atoms with Gasteiger partial charge in [-0.25, -0.2) is 9.78 Å². The molecule has 0 saturated heterocycles. The zero-order valence-electron chi connectivity index (χ0n) is 9.95. The first-order chi connectivity index (χ1) is 7.59. The van der Waals surface area contributed by atoms with Gasteiger partial charge in [0.25, 0.3) is 0 Å². The molecule has 0 aliphatic rings. The lowest BCUT2D eigenvalue weighted by Gasteiger charge is -2.12. The van der Waals surface area contributed by atoms with Gasteiger partial charge in [0.15, 0.2) is 0 Å². The minimum absolute atomic E-state index is 0.0843. The molecule has 0 radical (unpaired) electrons. The fourth-order valence-corrected chi connectivity index (χ4v) is 1.15. The van der Waals surface area contributed by atoms with E-state index in [2.05, 4.69) is 15.6 Å². The summed E-state index contributed by atoms with van der Waals surface area (Å²) < 4.78 is 0. The molecule has 0 bridgehead atoms. The highest BCUT2D eigenvalue weighted by Crippen LogP contribution is 2.03. The Balaban J connectivity index is 2.23. The Labute approximate surface area is 95.9 Å². The SMILES string of the molecule is Cc1ccnc(NCCNC(=O)N(C)C)c1. The maximum atomic E-state index is 11.2. The predicted molar refractivity (Wildman–Crippen MR) is 64.5 cm³/mol. The molecule has 1 aromatic heterocycles. The van der Waals surface area contributed by atoms with E-state index in [9.17, 15) is 4.79 Å². The second-order valence-corrected chi connectivity index (χ2v) is 3.77. The molecule has 0 aliphatic carbocycles. The largest absolute Gasteiger partial charge is 0.368 e. The first kappa shape index (κ1) is 12.3. The van der Waals surface area contributed by atoms with Crippen LogP contribution in [0.25, 0.3) is 0 Å². The van der Waals surface area contributed by atoms with Crippen molar-refractivity contribution >= 4 is 11.8 Å². The Morgan fingerprint density at radius 3 is 2.81 bits per heavy atom. The van der Waals surface area contributed by atoms with Crippen LogP contribution in [0.1, 0.15) is 5.56 Å². The number of hydrogen-bond acceptors (Lipinski definition) is 3. The van der Waals surface area contributed by atoms with E-state index in [0.29, 0.717) is 13.1 Å². The van der Waals surface area contributed by atoms with Crippen molar-refractivity contribution in [2.45, 2.75) is 6.92 Å². The smallest absolute Gasteiger partial charge is 0.316 e. The van der Waals surface area contributed by atoms with Crippen molar-refractivity contribution < 1.29 is 4.79 Å². The summed E-state index contributed by atoms with van der Waals surface area (Å²) in [7, 11) is 3.43. The fraction of sp³-hybridized carbons (Fsp3) is 0.455. The van der Waals surface area contributed by atoms with E-state index in [1.54, 1.807) is 20.3 Å². The Hall–Kier alpha value is -1.78. The van der Waals surface area contributed by atoms with Gasteiger partial charge in [-0.15, -0.1) is 0 Å². The highest BCUT2D eigenvalue weighted by atomic mass is 16.2. The molecular formula is C11H18N4O. The Bertz CT molecular complexity index is 352. The molecule has 0 spiro atoms. The Morgan fingerprint density at radius 1 is 1.44 bits per heavy atom. The molecular weight excluding hydrogens is 204 g/mol.